The number of hydrogen-bond donors (Lipinski definition) is 1. The van der Waals surface area contributed by atoms with Crippen LogP contribution in [0.1, 0.15) is 31.2 Å². The highest BCUT2D eigenvalue weighted by atomic mass is 32.2. The monoisotopic (exact) mass is 290 g/mol. The van der Waals surface area contributed by atoms with E-state index in [1.807, 2.05) is 19.1 Å². The number of fused-ring (bicyclic) bond motifs is 1. The molecule has 0 aliphatic heterocycles. The lowest BCUT2D eigenvalue weighted by Gasteiger charge is -2.13. The van der Waals surface area contributed by atoms with Gasteiger partial charge in [-0.1, -0.05) is 25.0 Å². The molecule has 0 spiro atoms. The molecule has 1 aromatic carbocycles. The molecule has 5 heteroatoms. The molecule has 1 aliphatic rings. The van der Waals surface area contributed by atoms with Crippen molar-refractivity contribution in [1.82, 2.24) is 9.71 Å². The molecular weight excluding hydrogens is 272 g/mol. The van der Waals surface area contributed by atoms with Crippen LogP contribution >= 0.6 is 0 Å². The Labute approximate surface area is 119 Å². The highest BCUT2D eigenvalue weighted by molar-refractivity contribution is 7.89. The fourth-order valence-corrected chi connectivity index (χ4v) is 4.27. The van der Waals surface area contributed by atoms with Crippen LogP contribution < -0.4 is 4.72 Å². The summed E-state index contributed by atoms with van der Waals surface area (Å²) in [5.74, 6) is 0. The molecule has 1 heterocycles. The zero-order valence-electron chi connectivity index (χ0n) is 11.5. The van der Waals surface area contributed by atoms with Gasteiger partial charge in [0.05, 0.1) is 5.52 Å². The Kier molecular flexibility index (Phi) is 3.48. The summed E-state index contributed by atoms with van der Waals surface area (Å²) in [5, 5.41) is 0.860. The Morgan fingerprint density at radius 2 is 2.00 bits per heavy atom. The van der Waals surface area contributed by atoms with Gasteiger partial charge in [0.15, 0.2) is 0 Å². The number of hydrogen-bond acceptors (Lipinski definition) is 3. The molecule has 0 atom stereocenters. The Balaban J connectivity index is 2.04. The molecule has 0 radical (unpaired) electrons. The molecular formula is C15H18N2O2S. The first kappa shape index (κ1) is 13.5. The molecule has 20 heavy (non-hydrogen) atoms. The van der Waals surface area contributed by atoms with Gasteiger partial charge in [0.2, 0.25) is 10.0 Å². The van der Waals surface area contributed by atoms with Crippen LogP contribution in [0.15, 0.2) is 35.4 Å². The molecule has 0 bridgehead atoms. The maximum atomic E-state index is 12.5. The van der Waals surface area contributed by atoms with Crippen molar-refractivity contribution in [3.8, 4) is 0 Å². The number of aromatic nitrogens is 1. The first-order valence-corrected chi connectivity index (χ1v) is 8.42. The first-order chi connectivity index (χ1) is 9.56. The molecule has 0 amide bonds. The van der Waals surface area contributed by atoms with Crippen LogP contribution in [0.3, 0.4) is 0 Å². The number of para-hydroxylation sites is 1. The van der Waals surface area contributed by atoms with Gasteiger partial charge in [0, 0.05) is 17.6 Å². The van der Waals surface area contributed by atoms with Gasteiger partial charge in [0.1, 0.15) is 4.90 Å². The summed E-state index contributed by atoms with van der Waals surface area (Å²) in [6.07, 6.45) is 5.75. The summed E-state index contributed by atoms with van der Waals surface area (Å²) >= 11 is 0. The van der Waals surface area contributed by atoms with E-state index in [9.17, 15) is 8.42 Å². The van der Waals surface area contributed by atoms with E-state index < -0.39 is 10.0 Å². The van der Waals surface area contributed by atoms with E-state index in [1.54, 1.807) is 18.3 Å². The molecule has 4 nitrogen and oxygen atoms in total. The molecule has 2 aromatic rings. The van der Waals surface area contributed by atoms with Gasteiger partial charge in [0.25, 0.3) is 0 Å². The molecule has 1 saturated carbocycles. The summed E-state index contributed by atoms with van der Waals surface area (Å²) < 4.78 is 27.9. The van der Waals surface area contributed by atoms with Gasteiger partial charge in [-0.25, -0.2) is 13.1 Å². The molecule has 1 aliphatic carbocycles. The van der Waals surface area contributed by atoms with Crippen LogP contribution in [0, 0.1) is 6.92 Å². The highest BCUT2D eigenvalue weighted by Gasteiger charge is 2.24. The number of nitrogens with one attached hydrogen (secondary N) is 1. The van der Waals surface area contributed by atoms with Crippen molar-refractivity contribution in [2.45, 2.75) is 43.5 Å². The minimum Gasteiger partial charge on any atom is -0.255 e. The van der Waals surface area contributed by atoms with E-state index in [0.717, 1.165) is 36.6 Å². The quantitative estimate of drug-likeness (QED) is 0.945. The Morgan fingerprint density at radius 1 is 1.25 bits per heavy atom. The zero-order chi connectivity index (χ0) is 14.2. The van der Waals surface area contributed by atoms with Crippen molar-refractivity contribution in [3.63, 3.8) is 0 Å². The summed E-state index contributed by atoms with van der Waals surface area (Å²) in [7, 11) is -3.50. The van der Waals surface area contributed by atoms with Gasteiger partial charge in [-0.2, -0.15) is 0 Å². The van der Waals surface area contributed by atoms with Gasteiger partial charge >= 0.3 is 0 Å². The summed E-state index contributed by atoms with van der Waals surface area (Å²) in [6, 6.07) is 7.32. The number of benzene rings is 1. The normalized spacial score (nSPS) is 16.9. The lowest BCUT2D eigenvalue weighted by molar-refractivity contribution is 0.553. The van der Waals surface area contributed by atoms with Crippen LogP contribution in [0.2, 0.25) is 0 Å². The van der Waals surface area contributed by atoms with Crippen molar-refractivity contribution < 1.29 is 8.42 Å². The van der Waals surface area contributed by atoms with Crippen molar-refractivity contribution in [2.24, 2.45) is 0 Å². The predicted octanol–water partition coefficient (Wildman–Crippen LogP) is 2.76. The van der Waals surface area contributed by atoms with Crippen LogP contribution in [0.4, 0.5) is 0 Å². The van der Waals surface area contributed by atoms with E-state index in [4.69, 9.17) is 0 Å². The molecule has 3 rings (SSSR count). The maximum absolute atomic E-state index is 12.5. The third-order valence-corrected chi connectivity index (χ3v) is 5.33. The minimum atomic E-state index is -3.50. The lowest BCUT2D eigenvalue weighted by Crippen LogP contribution is -2.32. The molecule has 106 valence electrons. The van der Waals surface area contributed by atoms with E-state index >= 15 is 0 Å². The predicted molar refractivity (Wildman–Crippen MR) is 79.1 cm³/mol. The second-order valence-electron chi connectivity index (χ2n) is 5.44. The van der Waals surface area contributed by atoms with Gasteiger partial charge in [-0.15, -0.1) is 0 Å². The molecule has 0 saturated heterocycles. The average Bonchev–Trinajstić information content (AvgIpc) is 2.89. The number of pyridine rings is 1. The molecule has 1 N–H and O–H groups in total. The van der Waals surface area contributed by atoms with Crippen molar-refractivity contribution in [1.29, 1.82) is 0 Å². The number of sulfonamides is 1. The summed E-state index contributed by atoms with van der Waals surface area (Å²) in [4.78, 5) is 4.58. The minimum absolute atomic E-state index is 0.0701. The van der Waals surface area contributed by atoms with E-state index in [1.165, 1.54) is 0 Å². The third kappa shape index (κ3) is 2.55. The fourth-order valence-electron chi connectivity index (χ4n) is 2.79. The average molecular weight is 290 g/mol. The molecule has 0 unspecified atom stereocenters. The Bertz CT molecular complexity index is 735. The topological polar surface area (TPSA) is 59.1 Å². The smallest absolute Gasteiger partial charge is 0.242 e. The number of rotatable bonds is 3. The van der Waals surface area contributed by atoms with Crippen LogP contribution in [-0.2, 0) is 10.0 Å². The van der Waals surface area contributed by atoms with Gasteiger partial charge < -0.3 is 0 Å². The summed E-state index contributed by atoms with van der Waals surface area (Å²) in [5.41, 5.74) is 1.57. The molecule has 1 aromatic heterocycles. The Morgan fingerprint density at radius 3 is 2.75 bits per heavy atom. The maximum Gasteiger partial charge on any atom is 0.242 e. The second-order valence-corrected chi connectivity index (χ2v) is 7.13. The first-order valence-electron chi connectivity index (χ1n) is 6.94. The van der Waals surface area contributed by atoms with Gasteiger partial charge in [-0.05, 0) is 37.5 Å². The zero-order valence-corrected chi connectivity index (χ0v) is 12.3. The van der Waals surface area contributed by atoms with E-state index in [2.05, 4.69) is 9.71 Å². The SMILES string of the molecule is Cc1cnc2c(S(=O)(=O)NC3CCCC3)cccc2c1. The van der Waals surface area contributed by atoms with Crippen LogP contribution in [-0.4, -0.2) is 19.4 Å². The molecule has 1 fully saturated rings. The lowest BCUT2D eigenvalue weighted by atomic mass is 10.2. The largest absolute Gasteiger partial charge is 0.255 e. The second kappa shape index (κ2) is 5.14. The number of nitrogens with zero attached hydrogens (tertiary/aromatic N) is 1. The standard InChI is InChI=1S/C15H18N2O2S/c1-11-9-12-5-4-8-14(15(12)16-10-11)20(18,19)17-13-6-2-3-7-13/h4-5,8-10,13,17H,2-3,6-7H2,1H3. The van der Waals surface area contributed by atoms with E-state index in [0.29, 0.717) is 5.52 Å². The third-order valence-electron chi connectivity index (χ3n) is 3.78. The highest BCUT2D eigenvalue weighted by Crippen LogP contribution is 2.24. The van der Waals surface area contributed by atoms with Crippen LogP contribution in [0.25, 0.3) is 10.9 Å². The van der Waals surface area contributed by atoms with Crippen molar-refractivity contribution in [3.05, 3.63) is 36.0 Å². The van der Waals surface area contributed by atoms with Gasteiger partial charge in [-0.3, -0.25) is 4.98 Å². The number of aryl methyl sites for hydroxylation is 1. The summed E-state index contributed by atoms with van der Waals surface area (Å²) in [6.45, 7) is 1.95. The fraction of sp³-hybridized carbons (Fsp3) is 0.400. The van der Waals surface area contributed by atoms with Crippen molar-refractivity contribution >= 4 is 20.9 Å². The van der Waals surface area contributed by atoms with Crippen LogP contribution in [0.5, 0.6) is 0 Å². The van der Waals surface area contributed by atoms with Crippen molar-refractivity contribution in [2.75, 3.05) is 0 Å². The van der Waals surface area contributed by atoms with E-state index in [-0.39, 0.29) is 10.9 Å². The Hall–Kier alpha value is -1.46.